The molecule has 0 aliphatic heterocycles. The third-order valence-electron chi connectivity index (χ3n) is 2.60. The zero-order chi connectivity index (χ0) is 14.4. The predicted molar refractivity (Wildman–Crippen MR) is 75.8 cm³/mol. The molecule has 0 aliphatic carbocycles. The average molecular weight is 258 g/mol. The van der Waals surface area contributed by atoms with Gasteiger partial charge < -0.3 is 15.4 Å². The van der Waals surface area contributed by atoms with E-state index in [1.807, 2.05) is 20.8 Å². The Hall–Kier alpha value is -0.770. The van der Waals surface area contributed by atoms with E-state index >= 15 is 0 Å². The average Bonchev–Trinajstić information content (AvgIpc) is 2.12. The van der Waals surface area contributed by atoms with Gasteiger partial charge in [0.05, 0.1) is 0 Å². The van der Waals surface area contributed by atoms with Crippen molar-refractivity contribution in [3.05, 3.63) is 0 Å². The molecule has 0 aromatic carbocycles. The molecule has 0 heterocycles. The smallest absolute Gasteiger partial charge is 0.407 e. The van der Waals surface area contributed by atoms with Gasteiger partial charge in [-0.1, -0.05) is 27.7 Å². The summed E-state index contributed by atoms with van der Waals surface area (Å²) in [5.41, 5.74) is -0.430. The molecule has 0 saturated heterocycles. The van der Waals surface area contributed by atoms with Crippen LogP contribution in [0.4, 0.5) is 4.79 Å². The SMILES string of the molecule is CCNCCC(NC(=O)OC(C)(C)C)C(C)(C)C. The standard InChI is InChI=1S/C14H30N2O2/c1-8-15-10-9-11(13(2,3)4)16-12(17)18-14(5,6)7/h11,15H,8-10H2,1-7H3,(H,16,17). The Kier molecular flexibility index (Phi) is 6.68. The molecule has 1 unspecified atom stereocenters. The molecule has 0 radical (unpaired) electrons. The van der Waals surface area contributed by atoms with Crippen molar-refractivity contribution >= 4 is 6.09 Å². The van der Waals surface area contributed by atoms with Crippen molar-refractivity contribution in [1.82, 2.24) is 10.6 Å². The molecular formula is C14H30N2O2. The van der Waals surface area contributed by atoms with Gasteiger partial charge in [-0.2, -0.15) is 0 Å². The summed E-state index contributed by atoms with van der Waals surface area (Å²) in [5.74, 6) is 0. The lowest BCUT2D eigenvalue weighted by atomic mass is 9.85. The summed E-state index contributed by atoms with van der Waals surface area (Å²) >= 11 is 0. The van der Waals surface area contributed by atoms with Crippen LogP contribution in [0, 0.1) is 5.41 Å². The number of nitrogens with one attached hydrogen (secondary N) is 2. The summed E-state index contributed by atoms with van der Waals surface area (Å²) in [6, 6.07) is 0.103. The second-order valence-electron chi connectivity index (χ2n) is 6.71. The Morgan fingerprint density at radius 1 is 1.17 bits per heavy atom. The van der Waals surface area contributed by atoms with Crippen molar-refractivity contribution in [2.45, 2.75) is 66.5 Å². The first kappa shape index (κ1) is 17.2. The van der Waals surface area contributed by atoms with Crippen molar-refractivity contribution in [1.29, 1.82) is 0 Å². The monoisotopic (exact) mass is 258 g/mol. The van der Waals surface area contributed by atoms with E-state index in [-0.39, 0.29) is 17.6 Å². The molecule has 0 bridgehead atoms. The van der Waals surface area contributed by atoms with Crippen LogP contribution >= 0.6 is 0 Å². The van der Waals surface area contributed by atoms with Crippen LogP contribution in [-0.2, 0) is 4.74 Å². The lowest BCUT2D eigenvalue weighted by Gasteiger charge is -2.32. The Morgan fingerprint density at radius 3 is 2.11 bits per heavy atom. The molecule has 2 N–H and O–H groups in total. The van der Waals surface area contributed by atoms with Gasteiger partial charge in [0.2, 0.25) is 0 Å². The first-order valence-corrected chi connectivity index (χ1v) is 6.76. The van der Waals surface area contributed by atoms with Gasteiger partial charge in [0.1, 0.15) is 5.60 Å². The topological polar surface area (TPSA) is 50.4 Å². The van der Waals surface area contributed by atoms with Crippen molar-refractivity contribution in [2.24, 2.45) is 5.41 Å². The molecule has 0 rings (SSSR count). The minimum Gasteiger partial charge on any atom is -0.444 e. The molecule has 4 heteroatoms. The quantitative estimate of drug-likeness (QED) is 0.745. The number of hydrogen-bond donors (Lipinski definition) is 2. The van der Waals surface area contributed by atoms with E-state index in [2.05, 4.69) is 38.3 Å². The lowest BCUT2D eigenvalue weighted by Crippen LogP contribution is -2.47. The highest BCUT2D eigenvalue weighted by molar-refractivity contribution is 5.68. The second-order valence-corrected chi connectivity index (χ2v) is 6.71. The van der Waals surface area contributed by atoms with Crippen LogP contribution in [0.3, 0.4) is 0 Å². The van der Waals surface area contributed by atoms with Gasteiger partial charge in [0, 0.05) is 6.04 Å². The Balaban J connectivity index is 4.37. The summed E-state index contributed by atoms with van der Waals surface area (Å²) in [6.07, 6.45) is 0.565. The number of alkyl carbamates (subject to hydrolysis) is 1. The highest BCUT2D eigenvalue weighted by Crippen LogP contribution is 2.22. The molecule has 4 nitrogen and oxygen atoms in total. The summed E-state index contributed by atoms with van der Waals surface area (Å²) < 4.78 is 5.30. The maximum Gasteiger partial charge on any atom is 0.407 e. The van der Waals surface area contributed by atoms with Crippen molar-refractivity contribution in [2.75, 3.05) is 13.1 Å². The van der Waals surface area contributed by atoms with E-state index in [4.69, 9.17) is 4.74 Å². The molecule has 1 amide bonds. The van der Waals surface area contributed by atoms with Gasteiger partial charge in [-0.3, -0.25) is 0 Å². The fourth-order valence-electron chi connectivity index (χ4n) is 1.59. The van der Waals surface area contributed by atoms with Gasteiger partial charge >= 0.3 is 6.09 Å². The van der Waals surface area contributed by atoms with E-state index < -0.39 is 5.60 Å². The second kappa shape index (κ2) is 6.98. The van der Waals surface area contributed by atoms with Crippen LogP contribution in [0.2, 0.25) is 0 Å². The summed E-state index contributed by atoms with van der Waals surface area (Å²) in [5, 5.41) is 6.25. The van der Waals surface area contributed by atoms with Gasteiger partial charge in [0.15, 0.2) is 0 Å². The molecule has 0 aromatic heterocycles. The van der Waals surface area contributed by atoms with Crippen LogP contribution in [0.5, 0.6) is 0 Å². The van der Waals surface area contributed by atoms with Gasteiger partial charge in [-0.25, -0.2) is 4.79 Å². The Bertz CT molecular complexity index is 252. The number of rotatable bonds is 5. The van der Waals surface area contributed by atoms with Crippen molar-refractivity contribution in [3.63, 3.8) is 0 Å². The van der Waals surface area contributed by atoms with Crippen LogP contribution in [0.25, 0.3) is 0 Å². The van der Waals surface area contributed by atoms with Crippen LogP contribution in [0.15, 0.2) is 0 Å². The minimum absolute atomic E-state index is 0.0202. The van der Waals surface area contributed by atoms with Crippen LogP contribution in [0.1, 0.15) is 54.9 Å². The molecular weight excluding hydrogens is 228 g/mol. The summed E-state index contributed by atoms with van der Waals surface area (Å²) in [4.78, 5) is 11.8. The van der Waals surface area contributed by atoms with Gasteiger partial charge in [0.25, 0.3) is 0 Å². The number of amides is 1. The zero-order valence-corrected chi connectivity index (χ0v) is 13.0. The fourth-order valence-corrected chi connectivity index (χ4v) is 1.59. The van der Waals surface area contributed by atoms with E-state index in [0.717, 1.165) is 19.5 Å². The highest BCUT2D eigenvalue weighted by Gasteiger charge is 2.27. The molecule has 0 fully saturated rings. The Morgan fingerprint density at radius 2 is 1.72 bits per heavy atom. The lowest BCUT2D eigenvalue weighted by molar-refractivity contribution is 0.0459. The number of carbonyl (C=O) groups is 1. The van der Waals surface area contributed by atoms with Crippen LogP contribution < -0.4 is 10.6 Å². The van der Waals surface area contributed by atoms with E-state index in [0.29, 0.717) is 0 Å². The highest BCUT2D eigenvalue weighted by atomic mass is 16.6. The van der Waals surface area contributed by atoms with E-state index in [9.17, 15) is 4.79 Å². The molecule has 0 aliphatic rings. The number of carbonyl (C=O) groups excluding carboxylic acids is 1. The van der Waals surface area contributed by atoms with Gasteiger partial charge in [-0.05, 0) is 45.7 Å². The van der Waals surface area contributed by atoms with Crippen molar-refractivity contribution in [3.8, 4) is 0 Å². The van der Waals surface area contributed by atoms with Gasteiger partial charge in [-0.15, -0.1) is 0 Å². The molecule has 108 valence electrons. The maximum atomic E-state index is 11.8. The summed E-state index contributed by atoms with van der Waals surface area (Å²) in [6.45, 7) is 15.9. The molecule has 18 heavy (non-hydrogen) atoms. The molecule has 0 spiro atoms. The first-order chi connectivity index (χ1) is 8.06. The minimum atomic E-state index is -0.450. The molecule has 1 atom stereocenters. The first-order valence-electron chi connectivity index (χ1n) is 6.76. The number of hydrogen-bond acceptors (Lipinski definition) is 3. The largest absolute Gasteiger partial charge is 0.444 e. The van der Waals surface area contributed by atoms with E-state index in [1.165, 1.54) is 0 Å². The third kappa shape index (κ3) is 8.34. The van der Waals surface area contributed by atoms with E-state index in [1.54, 1.807) is 0 Å². The fraction of sp³-hybridized carbons (Fsp3) is 0.929. The summed E-state index contributed by atoms with van der Waals surface area (Å²) in [7, 11) is 0. The maximum absolute atomic E-state index is 11.8. The third-order valence-corrected chi connectivity index (χ3v) is 2.60. The van der Waals surface area contributed by atoms with Crippen molar-refractivity contribution < 1.29 is 9.53 Å². The zero-order valence-electron chi connectivity index (χ0n) is 13.0. The normalized spacial score (nSPS) is 14.2. The van der Waals surface area contributed by atoms with Crippen LogP contribution in [-0.4, -0.2) is 30.8 Å². The molecule has 0 saturated carbocycles. The number of ether oxygens (including phenoxy) is 1. The molecule has 0 aromatic rings. The Labute approximate surface area is 112 Å². The predicted octanol–water partition coefficient (Wildman–Crippen LogP) is 2.93.